The van der Waals surface area contributed by atoms with Crippen molar-refractivity contribution in [2.24, 2.45) is 5.92 Å². The first-order valence-corrected chi connectivity index (χ1v) is 10.5. The average molecular weight is 469 g/mol. The highest BCUT2D eigenvalue weighted by atomic mass is 19.4. The molecule has 2 aromatic heterocycles. The van der Waals surface area contributed by atoms with Crippen molar-refractivity contribution in [1.29, 1.82) is 0 Å². The molecule has 1 aliphatic carbocycles. The fourth-order valence-electron chi connectivity index (χ4n) is 4.18. The van der Waals surface area contributed by atoms with Gasteiger partial charge in [0, 0.05) is 43.9 Å². The first kappa shape index (κ1) is 21.8. The lowest BCUT2D eigenvalue weighted by Gasteiger charge is -2.33. The minimum absolute atomic E-state index is 0.00723. The van der Waals surface area contributed by atoms with E-state index in [1.165, 1.54) is 12.3 Å². The SMILES string of the molecule is O=C1Nc2nccc(-c3cc(C(F)(F)F)cc(N4CCNCC4)n3)c2[C@@H](C(F)(F)C2CC2)O1. The summed E-state index contributed by atoms with van der Waals surface area (Å²) in [6.07, 6.45) is -5.95. The fourth-order valence-corrected chi connectivity index (χ4v) is 4.18. The van der Waals surface area contributed by atoms with E-state index in [2.05, 4.69) is 20.6 Å². The molecule has 2 N–H and O–H groups in total. The Morgan fingerprint density at radius 1 is 1.09 bits per heavy atom. The first-order valence-electron chi connectivity index (χ1n) is 10.5. The van der Waals surface area contributed by atoms with E-state index in [-0.39, 0.29) is 41.3 Å². The second-order valence-corrected chi connectivity index (χ2v) is 8.31. The van der Waals surface area contributed by atoms with Crippen LogP contribution >= 0.6 is 0 Å². The summed E-state index contributed by atoms with van der Waals surface area (Å²) in [5.74, 6) is -4.44. The molecule has 1 amide bonds. The van der Waals surface area contributed by atoms with Gasteiger partial charge in [-0.25, -0.2) is 23.5 Å². The van der Waals surface area contributed by atoms with Gasteiger partial charge < -0.3 is 15.0 Å². The Bertz CT molecular complexity index is 1080. The summed E-state index contributed by atoms with van der Waals surface area (Å²) >= 11 is 0. The molecule has 3 aliphatic rings. The highest BCUT2D eigenvalue weighted by molar-refractivity contribution is 5.89. The van der Waals surface area contributed by atoms with Crippen molar-refractivity contribution in [3.8, 4) is 11.3 Å². The molecule has 33 heavy (non-hydrogen) atoms. The molecular formula is C21H20F5N5O2. The Labute approximate surface area is 185 Å². The van der Waals surface area contributed by atoms with E-state index < -0.39 is 35.8 Å². The molecule has 0 bridgehead atoms. The van der Waals surface area contributed by atoms with Crippen molar-refractivity contribution in [3.05, 3.63) is 35.5 Å². The predicted octanol–water partition coefficient (Wildman–Crippen LogP) is 4.22. The maximum Gasteiger partial charge on any atom is 0.416 e. The van der Waals surface area contributed by atoms with Crippen molar-refractivity contribution < 1.29 is 31.5 Å². The molecule has 0 spiro atoms. The zero-order chi connectivity index (χ0) is 23.4. The number of rotatable bonds is 4. The van der Waals surface area contributed by atoms with Gasteiger partial charge in [-0.05, 0) is 31.0 Å². The second-order valence-electron chi connectivity index (χ2n) is 8.31. The molecule has 0 radical (unpaired) electrons. The molecule has 2 aromatic rings. The van der Waals surface area contributed by atoms with Crippen molar-refractivity contribution in [3.63, 3.8) is 0 Å². The van der Waals surface area contributed by atoms with Gasteiger partial charge in [-0.3, -0.25) is 5.32 Å². The number of carbonyl (C=O) groups is 1. The molecular weight excluding hydrogens is 449 g/mol. The molecule has 4 heterocycles. The molecule has 0 unspecified atom stereocenters. The Morgan fingerprint density at radius 3 is 2.48 bits per heavy atom. The van der Waals surface area contributed by atoms with Gasteiger partial charge in [0.25, 0.3) is 5.92 Å². The number of pyridine rings is 2. The van der Waals surface area contributed by atoms with E-state index in [0.717, 1.165) is 12.1 Å². The number of alkyl halides is 5. The first-order chi connectivity index (χ1) is 15.6. The van der Waals surface area contributed by atoms with Crippen LogP contribution in [0, 0.1) is 5.92 Å². The third kappa shape index (κ3) is 4.07. The highest BCUT2D eigenvalue weighted by Crippen LogP contribution is 2.54. The molecule has 1 atom stereocenters. The number of cyclic esters (lactones) is 1. The zero-order valence-corrected chi connectivity index (χ0v) is 17.3. The molecule has 0 aromatic carbocycles. The van der Waals surface area contributed by atoms with E-state index in [1.54, 1.807) is 4.90 Å². The van der Waals surface area contributed by atoms with Gasteiger partial charge in [0.05, 0.1) is 16.8 Å². The number of halogens is 5. The Balaban J connectivity index is 1.67. The van der Waals surface area contributed by atoms with E-state index in [0.29, 0.717) is 26.2 Å². The molecule has 176 valence electrons. The van der Waals surface area contributed by atoms with Crippen molar-refractivity contribution >= 4 is 17.7 Å². The number of fused-ring (bicyclic) bond motifs is 1. The number of ether oxygens (including phenoxy) is 1. The highest BCUT2D eigenvalue weighted by Gasteiger charge is 2.57. The lowest BCUT2D eigenvalue weighted by atomic mass is 9.93. The van der Waals surface area contributed by atoms with Crippen molar-refractivity contribution in [2.75, 3.05) is 36.4 Å². The fraction of sp³-hybridized carbons (Fsp3) is 0.476. The van der Waals surface area contributed by atoms with Gasteiger partial charge in [0.1, 0.15) is 11.6 Å². The minimum Gasteiger partial charge on any atom is -0.434 e. The summed E-state index contributed by atoms with van der Waals surface area (Å²) in [6.45, 7) is 2.05. The Kier molecular flexibility index (Phi) is 5.15. The average Bonchev–Trinajstić information content (AvgIpc) is 3.64. The van der Waals surface area contributed by atoms with Crippen LogP contribution in [-0.4, -0.2) is 48.2 Å². The number of nitrogens with zero attached hydrogens (tertiary/aromatic N) is 3. The standard InChI is InChI=1S/C21H20F5N5O2/c22-20(23,11-1-2-11)17-16-13(3-4-28-18(16)30-19(32)33-17)14-9-12(21(24,25)26)10-15(29-14)31-7-5-27-6-8-31/h3-4,9-11,17,27H,1-2,5-8H2,(H,28,30,32)/t17-/m0/s1. The number of nitrogens with one attached hydrogen (secondary N) is 2. The molecule has 2 aliphatic heterocycles. The van der Waals surface area contributed by atoms with Crippen LogP contribution in [0.4, 0.5) is 38.4 Å². The third-order valence-electron chi connectivity index (χ3n) is 6.02. The molecule has 7 nitrogen and oxygen atoms in total. The monoisotopic (exact) mass is 469 g/mol. The molecule has 5 rings (SSSR count). The van der Waals surface area contributed by atoms with Crippen LogP contribution in [0.3, 0.4) is 0 Å². The number of hydrogen-bond donors (Lipinski definition) is 2. The topological polar surface area (TPSA) is 79.4 Å². The maximum absolute atomic E-state index is 15.1. The lowest BCUT2D eigenvalue weighted by Crippen LogP contribution is -2.44. The lowest BCUT2D eigenvalue weighted by molar-refractivity contribution is -0.137. The quantitative estimate of drug-likeness (QED) is 0.653. The zero-order valence-electron chi connectivity index (χ0n) is 17.3. The van der Waals surface area contributed by atoms with E-state index in [9.17, 15) is 18.0 Å². The van der Waals surface area contributed by atoms with Crippen LogP contribution in [0.15, 0.2) is 24.4 Å². The second kappa shape index (κ2) is 7.79. The van der Waals surface area contributed by atoms with Crippen LogP contribution < -0.4 is 15.5 Å². The number of hydrogen-bond acceptors (Lipinski definition) is 6. The van der Waals surface area contributed by atoms with Crippen molar-refractivity contribution in [2.45, 2.75) is 31.0 Å². The molecule has 1 saturated heterocycles. The molecule has 2 fully saturated rings. The number of carbonyl (C=O) groups excluding carboxylic acids is 1. The Morgan fingerprint density at radius 2 is 1.82 bits per heavy atom. The third-order valence-corrected chi connectivity index (χ3v) is 6.02. The minimum atomic E-state index is -4.67. The summed E-state index contributed by atoms with van der Waals surface area (Å²) in [7, 11) is 0. The number of piperazine rings is 1. The maximum atomic E-state index is 15.1. The molecule has 1 saturated carbocycles. The number of anilines is 2. The van der Waals surface area contributed by atoms with E-state index >= 15 is 8.78 Å². The van der Waals surface area contributed by atoms with Gasteiger partial charge in [-0.1, -0.05) is 0 Å². The predicted molar refractivity (Wildman–Crippen MR) is 108 cm³/mol. The normalized spacial score (nSPS) is 21.3. The largest absolute Gasteiger partial charge is 0.434 e. The smallest absolute Gasteiger partial charge is 0.416 e. The van der Waals surface area contributed by atoms with Crippen LogP contribution in [0.5, 0.6) is 0 Å². The number of amides is 1. The summed E-state index contributed by atoms with van der Waals surface area (Å²) in [5, 5.41) is 5.40. The van der Waals surface area contributed by atoms with Crippen LogP contribution in [-0.2, 0) is 10.9 Å². The summed E-state index contributed by atoms with van der Waals surface area (Å²) in [6, 6.07) is 3.10. The summed E-state index contributed by atoms with van der Waals surface area (Å²) < 4.78 is 76.4. The van der Waals surface area contributed by atoms with Gasteiger partial charge in [-0.2, -0.15) is 13.2 Å². The van der Waals surface area contributed by atoms with Crippen molar-refractivity contribution in [1.82, 2.24) is 15.3 Å². The van der Waals surface area contributed by atoms with Crippen LogP contribution in [0.2, 0.25) is 0 Å². The van der Waals surface area contributed by atoms with Gasteiger partial charge in [0.15, 0.2) is 6.10 Å². The van der Waals surface area contributed by atoms with Crippen LogP contribution in [0.25, 0.3) is 11.3 Å². The molecule has 12 heteroatoms. The Hall–Kier alpha value is -3.02. The van der Waals surface area contributed by atoms with Gasteiger partial charge >= 0.3 is 12.3 Å². The van der Waals surface area contributed by atoms with Gasteiger partial charge in [-0.15, -0.1) is 0 Å². The van der Waals surface area contributed by atoms with Crippen LogP contribution in [0.1, 0.15) is 30.1 Å². The van der Waals surface area contributed by atoms with E-state index in [4.69, 9.17) is 4.74 Å². The summed E-state index contributed by atoms with van der Waals surface area (Å²) in [5.41, 5.74) is -1.26. The number of aromatic nitrogens is 2. The van der Waals surface area contributed by atoms with Gasteiger partial charge in [0.2, 0.25) is 0 Å². The van der Waals surface area contributed by atoms with E-state index in [1.807, 2.05) is 0 Å². The summed E-state index contributed by atoms with van der Waals surface area (Å²) in [4.78, 5) is 22.0.